The van der Waals surface area contributed by atoms with Gasteiger partial charge in [-0.1, -0.05) is 17.7 Å². The first-order valence-corrected chi connectivity index (χ1v) is 7.05. The van der Waals surface area contributed by atoms with Crippen LogP contribution in [-0.2, 0) is 0 Å². The summed E-state index contributed by atoms with van der Waals surface area (Å²) < 4.78 is 0. The molecule has 3 nitrogen and oxygen atoms in total. The van der Waals surface area contributed by atoms with Crippen molar-refractivity contribution >= 4 is 29.1 Å². The van der Waals surface area contributed by atoms with Crippen LogP contribution in [0.15, 0.2) is 18.2 Å². The topological polar surface area (TPSA) is 56.0 Å². The summed E-state index contributed by atoms with van der Waals surface area (Å²) in [5.41, 5.74) is 1.19. The minimum atomic E-state index is 0.113. The summed E-state index contributed by atoms with van der Waals surface area (Å²) in [5.74, 6) is 0.858. The van der Waals surface area contributed by atoms with E-state index >= 15 is 0 Å². The fourth-order valence-electron chi connectivity index (χ4n) is 1.52. The highest BCUT2D eigenvalue weighted by Gasteiger charge is 2.12. The lowest BCUT2D eigenvalue weighted by Gasteiger charge is -2.19. The van der Waals surface area contributed by atoms with E-state index in [1.165, 1.54) is 0 Å². The van der Waals surface area contributed by atoms with E-state index < -0.39 is 0 Å². The third-order valence-corrected chi connectivity index (χ3v) is 3.38. The molecule has 0 amide bonds. The second kappa shape index (κ2) is 7.44. The summed E-state index contributed by atoms with van der Waals surface area (Å²) in [6, 6.07) is 7.45. The van der Waals surface area contributed by atoms with Gasteiger partial charge >= 0.3 is 0 Å². The van der Waals surface area contributed by atoms with Gasteiger partial charge in [-0.05, 0) is 24.8 Å². The molecule has 5 heteroatoms. The van der Waals surface area contributed by atoms with Crippen LogP contribution < -0.4 is 5.32 Å². The van der Waals surface area contributed by atoms with Crippen LogP contribution in [0.2, 0.25) is 5.02 Å². The van der Waals surface area contributed by atoms with Crippen molar-refractivity contribution in [1.82, 2.24) is 0 Å². The van der Waals surface area contributed by atoms with Crippen molar-refractivity contribution in [3.8, 4) is 6.07 Å². The van der Waals surface area contributed by atoms with Crippen LogP contribution in [-0.4, -0.2) is 29.8 Å². The van der Waals surface area contributed by atoms with E-state index in [0.29, 0.717) is 22.7 Å². The molecule has 1 aromatic carbocycles. The van der Waals surface area contributed by atoms with E-state index in [1.807, 2.05) is 6.26 Å². The molecular weight excluding hydrogens is 256 g/mol. The lowest BCUT2D eigenvalue weighted by Crippen LogP contribution is -2.24. The average molecular weight is 271 g/mol. The van der Waals surface area contributed by atoms with Crippen LogP contribution >= 0.6 is 23.4 Å². The molecule has 1 atom stereocenters. The van der Waals surface area contributed by atoms with Gasteiger partial charge in [0.25, 0.3) is 0 Å². The molecule has 0 aromatic heterocycles. The highest BCUT2D eigenvalue weighted by atomic mass is 35.5. The van der Waals surface area contributed by atoms with Gasteiger partial charge in [0, 0.05) is 18.4 Å². The van der Waals surface area contributed by atoms with Crippen LogP contribution in [0.25, 0.3) is 0 Å². The SMILES string of the molecule is CSC[C@@H](CCO)Nc1c(Cl)cccc1C#N. The Balaban J connectivity index is 2.88. The van der Waals surface area contributed by atoms with E-state index in [2.05, 4.69) is 11.4 Å². The number of hydrogen-bond acceptors (Lipinski definition) is 4. The normalized spacial score (nSPS) is 11.9. The first-order valence-electron chi connectivity index (χ1n) is 5.27. The molecular formula is C12H15ClN2OS. The fourth-order valence-corrected chi connectivity index (χ4v) is 2.40. The Morgan fingerprint density at radius 3 is 2.94 bits per heavy atom. The van der Waals surface area contributed by atoms with Crippen LogP contribution in [0, 0.1) is 11.3 Å². The maximum atomic E-state index is 9.01. The summed E-state index contributed by atoms with van der Waals surface area (Å²) in [7, 11) is 0. The number of halogens is 1. The standard InChI is InChI=1S/C12H15ClN2OS/c1-17-8-10(5-6-16)15-12-9(7-14)3-2-4-11(12)13/h2-4,10,15-16H,5-6,8H2,1H3/t10-/m1/s1. The first kappa shape index (κ1) is 14.2. The summed E-state index contributed by atoms with van der Waals surface area (Å²) >= 11 is 7.76. The number of para-hydroxylation sites is 1. The molecule has 92 valence electrons. The number of nitriles is 1. The molecule has 0 spiro atoms. The molecule has 0 bridgehead atoms. The summed E-state index contributed by atoms with van der Waals surface area (Å²) in [6.45, 7) is 0.116. The molecule has 0 saturated carbocycles. The molecule has 17 heavy (non-hydrogen) atoms. The molecule has 0 saturated heterocycles. The average Bonchev–Trinajstić information content (AvgIpc) is 2.32. The van der Waals surface area contributed by atoms with Gasteiger partial charge in [-0.25, -0.2) is 0 Å². The van der Waals surface area contributed by atoms with Gasteiger partial charge in [0.1, 0.15) is 6.07 Å². The fraction of sp³-hybridized carbons (Fsp3) is 0.417. The van der Waals surface area contributed by atoms with Gasteiger partial charge in [0.05, 0.1) is 16.3 Å². The Morgan fingerprint density at radius 2 is 2.35 bits per heavy atom. The Morgan fingerprint density at radius 1 is 1.59 bits per heavy atom. The minimum Gasteiger partial charge on any atom is -0.396 e. The quantitative estimate of drug-likeness (QED) is 0.835. The van der Waals surface area contributed by atoms with Crippen LogP contribution in [0.5, 0.6) is 0 Å². The van der Waals surface area contributed by atoms with E-state index in [9.17, 15) is 0 Å². The molecule has 1 aromatic rings. The first-order chi connectivity index (χ1) is 8.22. The zero-order chi connectivity index (χ0) is 12.7. The van der Waals surface area contributed by atoms with Gasteiger partial charge in [0.2, 0.25) is 0 Å². The second-order valence-electron chi connectivity index (χ2n) is 3.58. The van der Waals surface area contributed by atoms with Gasteiger partial charge in [0.15, 0.2) is 0 Å². The number of benzene rings is 1. The number of nitrogens with zero attached hydrogens (tertiary/aromatic N) is 1. The largest absolute Gasteiger partial charge is 0.396 e. The summed E-state index contributed by atoms with van der Waals surface area (Å²) in [5, 5.41) is 21.8. The zero-order valence-electron chi connectivity index (χ0n) is 9.61. The molecule has 0 unspecified atom stereocenters. The summed E-state index contributed by atoms with van der Waals surface area (Å²) in [4.78, 5) is 0. The molecule has 0 aliphatic carbocycles. The molecule has 1 rings (SSSR count). The number of thioether (sulfide) groups is 1. The molecule has 0 aliphatic rings. The Labute approximate surface area is 111 Å². The van der Waals surface area contributed by atoms with Gasteiger partial charge < -0.3 is 10.4 Å². The van der Waals surface area contributed by atoms with E-state index in [0.717, 1.165) is 5.75 Å². The van der Waals surface area contributed by atoms with Gasteiger partial charge in [-0.3, -0.25) is 0 Å². The van der Waals surface area contributed by atoms with E-state index in [1.54, 1.807) is 30.0 Å². The molecule has 2 N–H and O–H groups in total. The Bertz CT molecular complexity index is 400. The van der Waals surface area contributed by atoms with Crippen LogP contribution in [0.1, 0.15) is 12.0 Å². The number of rotatable bonds is 6. The van der Waals surface area contributed by atoms with Crippen molar-refractivity contribution in [2.75, 3.05) is 23.9 Å². The Kier molecular flexibility index (Phi) is 6.20. The lowest BCUT2D eigenvalue weighted by molar-refractivity contribution is 0.282. The zero-order valence-corrected chi connectivity index (χ0v) is 11.2. The van der Waals surface area contributed by atoms with Gasteiger partial charge in [-0.2, -0.15) is 17.0 Å². The van der Waals surface area contributed by atoms with E-state index in [4.69, 9.17) is 22.0 Å². The van der Waals surface area contributed by atoms with Crippen molar-refractivity contribution in [3.05, 3.63) is 28.8 Å². The Hall–Kier alpha value is -0.890. The number of nitrogens with one attached hydrogen (secondary N) is 1. The molecule has 0 fully saturated rings. The van der Waals surface area contributed by atoms with Gasteiger partial charge in [-0.15, -0.1) is 0 Å². The van der Waals surface area contributed by atoms with Crippen molar-refractivity contribution in [3.63, 3.8) is 0 Å². The predicted octanol–water partition coefficient (Wildman–Crippen LogP) is 2.74. The maximum absolute atomic E-state index is 9.01. The van der Waals surface area contributed by atoms with Crippen molar-refractivity contribution in [1.29, 1.82) is 5.26 Å². The maximum Gasteiger partial charge on any atom is 0.101 e. The highest BCUT2D eigenvalue weighted by molar-refractivity contribution is 7.98. The van der Waals surface area contributed by atoms with Crippen molar-refractivity contribution < 1.29 is 5.11 Å². The number of aliphatic hydroxyl groups excluding tert-OH is 1. The van der Waals surface area contributed by atoms with Crippen LogP contribution in [0.3, 0.4) is 0 Å². The molecule has 0 radical (unpaired) electrons. The molecule has 0 aliphatic heterocycles. The monoisotopic (exact) mass is 270 g/mol. The lowest BCUT2D eigenvalue weighted by atomic mass is 10.1. The predicted molar refractivity (Wildman–Crippen MR) is 73.7 cm³/mol. The highest BCUT2D eigenvalue weighted by Crippen LogP contribution is 2.26. The third kappa shape index (κ3) is 4.12. The number of hydrogen-bond donors (Lipinski definition) is 2. The van der Waals surface area contributed by atoms with Crippen LogP contribution in [0.4, 0.5) is 5.69 Å². The van der Waals surface area contributed by atoms with Crippen molar-refractivity contribution in [2.45, 2.75) is 12.5 Å². The summed E-state index contributed by atoms with van der Waals surface area (Å²) in [6.07, 6.45) is 2.64. The van der Waals surface area contributed by atoms with Crippen molar-refractivity contribution in [2.24, 2.45) is 0 Å². The number of aliphatic hydroxyl groups is 1. The third-order valence-electron chi connectivity index (χ3n) is 2.33. The second-order valence-corrected chi connectivity index (χ2v) is 4.90. The minimum absolute atomic E-state index is 0.113. The smallest absolute Gasteiger partial charge is 0.101 e. The van der Waals surface area contributed by atoms with E-state index in [-0.39, 0.29) is 12.6 Å². The molecule has 0 heterocycles. The number of anilines is 1.